The molecule has 0 spiro atoms. The summed E-state index contributed by atoms with van der Waals surface area (Å²) < 4.78 is 17.7. The molecule has 2 atom stereocenters. The highest BCUT2D eigenvalue weighted by Gasteiger charge is 2.34. The van der Waals surface area contributed by atoms with E-state index in [-0.39, 0.29) is 18.2 Å². The van der Waals surface area contributed by atoms with Gasteiger partial charge in [-0.05, 0) is 29.8 Å². The Hall–Kier alpha value is -3.64. The van der Waals surface area contributed by atoms with Crippen LogP contribution in [0, 0.1) is 0 Å². The number of fused-ring (bicyclic) bond motifs is 1. The average molecular weight is 387 g/mol. The molecule has 144 valence electrons. The van der Waals surface area contributed by atoms with Gasteiger partial charge in [-0.15, -0.1) is 0 Å². The summed E-state index contributed by atoms with van der Waals surface area (Å²) in [5, 5.41) is 1.44. The lowest BCUT2D eigenvalue weighted by Crippen LogP contribution is -2.34. The number of hydrogen-bond donors (Lipinski definition) is 1. The number of allylic oxidation sites excluding steroid dienone is 1. The number of carbonyl (C=O) groups excluding carboxylic acids is 2. The number of benzene rings is 3. The van der Waals surface area contributed by atoms with Crippen molar-refractivity contribution < 1.29 is 23.8 Å². The standard InChI is InChI=1S/C23H17NO5/c24-12-21(26)27-18-10-11-20-22-16(18)6-3-7-19(22)28-23(29-20)15-8-9-17(25)14-5-2-1-4-13(14)15/h1-11,15,23H,12,24H2. The van der Waals surface area contributed by atoms with Gasteiger partial charge in [0.25, 0.3) is 6.29 Å². The third kappa shape index (κ3) is 2.85. The smallest absolute Gasteiger partial charge is 0.325 e. The molecule has 2 unspecified atom stereocenters. The molecule has 3 aromatic rings. The van der Waals surface area contributed by atoms with E-state index in [2.05, 4.69) is 0 Å². The summed E-state index contributed by atoms with van der Waals surface area (Å²) in [6.45, 7) is -0.204. The Kier molecular flexibility index (Phi) is 4.07. The van der Waals surface area contributed by atoms with E-state index in [1.807, 2.05) is 48.5 Å². The van der Waals surface area contributed by atoms with E-state index in [9.17, 15) is 9.59 Å². The van der Waals surface area contributed by atoms with E-state index < -0.39 is 12.3 Å². The van der Waals surface area contributed by atoms with E-state index in [0.717, 1.165) is 10.9 Å². The van der Waals surface area contributed by atoms with Crippen molar-refractivity contribution in [2.75, 3.05) is 6.54 Å². The molecule has 6 heteroatoms. The summed E-state index contributed by atoms with van der Waals surface area (Å²) in [5.74, 6) is 0.878. The van der Waals surface area contributed by atoms with Crippen molar-refractivity contribution in [1.29, 1.82) is 0 Å². The number of hydrogen-bond acceptors (Lipinski definition) is 6. The third-order valence-corrected chi connectivity index (χ3v) is 5.13. The average Bonchev–Trinajstić information content (AvgIpc) is 2.76. The van der Waals surface area contributed by atoms with Crippen LogP contribution in [0.1, 0.15) is 21.8 Å². The van der Waals surface area contributed by atoms with Crippen molar-refractivity contribution >= 4 is 22.5 Å². The lowest BCUT2D eigenvalue weighted by atomic mass is 9.86. The molecule has 2 N–H and O–H groups in total. The van der Waals surface area contributed by atoms with Crippen molar-refractivity contribution in [1.82, 2.24) is 0 Å². The molecule has 0 saturated heterocycles. The van der Waals surface area contributed by atoms with Gasteiger partial charge in [0.15, 0.2) is 5.78 Å². The molecule has 0 aromatic heterocycles. The number of carbonyl (C=O) groups is 2. The van der Waals surface area contributed by atoms with Gasteiger partial charge in [-0.3, -0.25) is 9.59 Å². The zero-order chi connectivity index (χ0) is 20.0. The topological polar surface area (TPSA) is 87.9 Å². The van der Waals surface area contributed by atoms with Crippen molar-refractivity contribution in [3.63, 3.8) is 0 Å². The monoisotopic (exact) mass is 387 g/mol. The lowest BCUT2D eigenvalue weighted by Gasteiger charge is -2.33. The summed E-state index contributed by atoms with van der Waals surface area (Å²) in [6.07, 6.45) is 2.75. The van der Waals surface area contributed by atoms with E-state index >= 15 is 0 Å². The fraction of sp³-hybridized carbons (Fsp3) is 0.130. The van der Waals surface area contributed by atoms with E-state index in [0.29, 0.717) is 28.2 Å². The summed E-state index contributed by atoms with van der Waals surface area (Å²) in [6, 6.07) is 16.4. The molecule has 29 heavy (non-hydrogen) atoms. The minimum atomic E-state index is -0.629. The van der Waals surface area contributed by atoms with Crippen LogP contribution in [0.25, 0.3) is 10.8 Å². The van der Waals surface area contributed by atoms with Crippen molar-refractivity contribution in [3.05, 3.63) is 77.9 Å². The minimum absolute atomic E-state index is 0.0264. The van der Waals surface area contributed by atoms with Crippen LogP contribution < -0.4 is 19.9 Å². The van der Waals surface area contributed by atoms with Crippen LogP contribution in [0.5, 0.6) is 17.2 Å². The predicted molar refractivity (Wildman–Crippen MR) is 106 cm³/mol. The Balaban J connectivity index is 1.55. The SMILES string of the molecule is NCC(=O)Oc1ccc2c3c(cccc13)OC(C1C=CC(=O)c3ccccc31)O2. The normalized spacial score (nSPS) is 19.3. The van der Waals surface area contributed by atoms with Crippen LogP contribution in [-0.2, 0) is 4.79 Å². The van der Waals surface area contributed by atoms with Crippen molar-refractivity contribution in [2.45, 2.75) is 12.2 Å². The Morgan fingerprint density at radius 2 is 1.79 bits per heavy atom. The van der Waals surface area contributed by atoms with Crippen molar-refractivity contribution in [2.24, 2.45) is 5.73 Å². The van der Waals surface area contributed by atoms with Gasteiger partial charge in [0.05, 0.1) is 17.8 Å². The van der Waals surface area contributed by atoms with Gasteiger partial charge in [-0.1, -0.05) is 42.5 Å². The molecule has 0 radical (unpaired) electrons. The fourth-order valence-corrected chi connectivity index (χ4v) is 3.82. The first-order valence-electron chi connectivity index (χ1n) is 9.27. The largest absolute Gasteiger partial charge is 0.453 e. The quantitative estimate of drug-likeness (QED) is 0.548. The van der Waals surface area contributed by atoms with Gasteiger partial charge in [-0.2, -0.15) is 0 Å². The molecule has 2 aliphatic rings. The van der Waals surface area contributed by atoms with Crippen LogP contribution in [0.2, 0.25) is 0 Å². The second-order valence-electron chi connectivity index (χ2n) is 6.86. The maximum atomic E-state index is 12.2. The first-order valence-corrected chi connectivity index (χ1v) is 9.27. The Morgan fingerprint density at radius 1 is 1.00 bits per heavy atom. The Bertz CT molecular complexity index is 1170. The number of ether oxygens (including phenoxy) is 3. The third-order valence-electron chi connectivity index (χ3n) is 5.13. The molecule has 0 saturated carbocycles. The Labute approximate surface area is 166 Å². The minimum Gasteiger partial charge on any atom is -0.453 e. The maximum Gasteiger partial charge on any atom is 0.325 e. The highest BCUT2D eigenvalue weighted by atomic mass is 16.7. The zero-order valence-corrected chi connectivity index (χ0v) is 15.3. The number of esters is 1. The van der Waals surface area contributed by atoms with Crippen molar-refractivity contribution in [3.8, 4) is 17.2 Å². The highest BCUT2D eigenvalue weighted by Crippen LogP contribution is 2.45. The molecule has 3 aromatic carbocycles. The zero-order valence-electron chi connectivity index (χ0n) is 15.3. The van der Waals surface area contributed by atoms with E-state index in [1.54, 1.807) is 18.2 Å². The first-order chi connectivity index (χ1) is 14.2. The van der Waals surface area contributed by atoms with Gasteiger partial charge < -0.3 is 19.9 Å². The van der Waals surface area contributed by atoms with Crippen LogP contribution in [0.15, 0.2) is 66.7 Å². The van der Waals surface area contributed by atoms with Crippen LogP contribution in [-0.4, -0.2) is 24.6 Å². The second-order valence-corrected chi connectivity index (χ2v) is 6.86. The molecule has 6 nitrogen and oxygen atoms in total. The molecule has 1 heterocycles. The lowest BCUT2D eigenvalue weighted by molar-refractivity contribution is -0.132. The molecule has 1 aliphatic heterocycles. The number of rotatable bonds is 3. The molecular formula is C23H17NO5. The fourth-order valence-electron chi connectivity index (χ4n) is 3.82. The first kappa shape index (κ1) is 17.5. The summed E-state index contributed by atoms with van der Waals surface area (Å²) in [4.78, 5) is 23.8. The predicted octanol–water partition coefficient (Wildman–Crippen LogP) is 3.34. The molecule has 0 bridgehead atoms. The van der Waals surface area contributed by atoms with Crippen LogP contribution in [0.4, 0.5) is 0 Å². The molecular weight excluding hydrogens is 370 g/mol. The molecule has 0 amide bonds. The maximum absolute atomic E-state index is 12.2. The molecule has 5 rings (SSSR count). The second kappa shape index (κ2) is 6.76. The van der Waals surface area contributed by atoms with E-state index in [4.69, 9.17) is 19.9 Å². The van der Waals surface area contributed by atoms with Crippen LogP contribution in [0.3, 0.4) is 0 Å². The summed E-state index contributed by atoms with van der Waals surface area (Å²) in [7, 11) is 0. The number of nitrogens with two attached hydrogens (primary N) is 1. The van der Waals surface area contributed by atoms with Gasteiger partial charge in [-0.25, -0.2) is 0 Å². The highest BCUT2D eigenvalue weighted by molar-refractivity contribution is 6.07. The van der Waals surface area contributed by atoms with Gasteiger partial charge in [0.2, 0.25) is 0 Å². The summed E-state index contributed by atoms with van der Waals surface area (Å²) in [5.41, 5.74) is 6.88. The molecule has 0 fully saturated rings. The van der Waals surface area contributed by atoms with Crippen LogP contribution >= 0.6 is 0 Å². The Morgan fingerprint density at radius 3 is 2.62 bits per heavy atom. The molecule has 1 aliphatic carbocycles. The van der Waals surface area contributed by atoms with E-state index in [1.165, 1.54) is 0 Å². The summed E-state index contributed by atoms with van der Waals surface area (Å²) >= 11 is 0. The number of ketones is 1. The van der Waals surface area contributed by atoms with Gasteiger partial charge >= 0.3 is 5.97 Å². The van der Waals surface area contributed by atoms with Gasteiger partial charge in [0, 0.05) is 10.9 Å². The van der Waals surface area contributed by atoms with Gasteiger partial charge in [0.1, 0.15) is 17.2 Å².